The number of nitrogens with one attached hydrogen (secondary N) is 1. The first-order chi connectivity index (χ1) is 14.1. The summed E-state index contributed by atoms with van der Waals surface area (Å²) in [5, 5.41) is 25.0. The lowest BCUT2D eigenvalue weighted by Gasteiger charge is -2.17. The van der Waals surface area contributed by atoms with Gasteiger partial charge in [-0.2, -0.15) is 19.1 Å². The van der Waals surface area contributed by atoms with E-state index in [1.165, 1.54) is 0 Å². The molecule has 0 aliphatic rings. The van der Waals surface area contributed by atoms with Gasteiger partial charge >= 0.3 is 5.92 Å². The zero-order valence-electron chi connectivity index (χ0n) is 17.0. The molecule has 158 valence electrons. The summed E-state index contributed by atoms with van der Waals surface area (Å²) in [7, 11) is 0. The van der Waals surface area contributed by atoms with E-state index in [-0.39, 0.29) is 12.6 Å². The van der Waals surface area contributed by atoms with E-state index in [0.29, 0.717) is 12.5 Å². The molecule has 1 heterocycles. The molecular formula is C22H24F2N4O2. The van der Waals surface area contributed by atoms with Crippen molar-refractivity contribution in [3.8, 4) is 6.07 Å². The second-order valence-corrected chi connectivity index (χ2v) is 7.06. The van der Waals surface area contributed by atoms with E-state index in [9.17, 15) is 13.6 Å². The highest BCUT2D eigenvalue weighted by atomic mass is 19.3. The van der Waals surface area contributed by atoms with Gasteiger partial charge in [-0.3, -0.25) is 9.48 Å². The number of hydrogen-bond donors (Lipinski definition) is 2. The second kappa shape index (κ2) is 9.94. The first-order valence-corrected chi connectivity index (χ1v) is 9.39. The number of carbonyl (C=O) groups is 1. The van der Waals surface area contributed by atoms with Gasteiger partial charge in [0, 0.05) is 18.4 Å². The van der Waals surface area contributed by atoms with E-state index in [0.717, 1.165) is 16.5 Å². The number of carbonyl (C=O) groups excluding carboxylic acids is 1. The Morgan fingerprint density at radius 1 is 1.27 bits per heavy atom. The number of alkyl halides is 2. The molecular weight excluding hydrogens is 390 g/mol. The van der Waals surface area contributed by atoms with Crippen LogP contribution in [0.2, 0.25) is 0 Å². The van der Waals surface area contributed by atoms with Crippen molar-refractivity contribution in [3.63, 3.8) is 0 Å². The highest BCUT2D eigenvalue weighted by molar-refractivity contribution is 5.83. The Kier molecular flexibility index (Phi) is 7.61. The average Bonchev–Trinajstić information content (AvgIpc) is 3.10. The molecule has 3 aromatic rings. The second-order valence-electron chi connectivity index (χ2n) is 7.06. The third-order valence-electron chi connectivity index (χ3n) is 4.28. The van der Waals surface area contributed by atoms with Crippen LogP contribution in [0.25, 0.3) is 10.9 Å². The number of nitrogens with zero attached hydrogens (tertiary/aromatic N) is 3. The van der Waals surface area contributed by atoms with Crippen LogP contribution in [0.4, 0.5) is 8.78 Å². The van der Waals surface area contributed by atoms with E-state index in [1.54, 1.807) is 42.9 Å². The lowest BCUT2D eigenvalue weighted by atomic mass is 10.1. The van der Waals surface area contributed by atoms with Gasteiger partial charge in [-0.25, -0.2) is 0 Å². The number of aliphatic hydroxyl groups excluding tert-OH is 1. The van der Waals surface area contributed by atoms with Gasteiger partial charge in [-0.15, -0.1) is 0 Å². The SMILES string of the molecule is CC(Cn1ncc2cc(C#N)ccc21)NC(=O)C(C)(F)F.CC(O)c1ccccc1. The summed E-state index contributed by atoms with van der Waals surface area (Å²) >= 11 is 0. The lowest BCUT2D eigenvalue weighted by molar-refractivity contribution is -0.143. The first kappa shape index (κ1) is 23.0. The van der Waals surface area contributed by atoms with E-state index in [2.05, 4.69) is 10.4 Å². The fourth-order valence-electron chi connectivity index (χ4n) is 2.69. The third kappa shape index (κ3) is 6.36. The van der Waals surface area contributed by atoms with Crippen molar-refractivity contribution in [2.24, 2.45) is 0 Å². The maximum atomic E-state index is 12.8. The topological polar surface area (TPSA) is 90.9 Å². The molecule has 3 rings (SSSR count). The molecule has 0 saturated carbocycles. The van der Waals surface area contributed by atoms with Crippen LogP contribution in [0.5, 0.6) is 0 Å². The molecule has 1 amide bonds. The fourth-order valence-corrected chi connectivity index (χ4v) is 2.69. The van der Waals surface area contributed by atoms with Crippen molar-refractivity contribution < 1.29 is 18.7 Å². The van der Waals surface area contributed by atoms with E-state index in [1.807, 2.05) is 36.4 Å². The summed E-state index contributed by atoms with van der Waals surface area (Å²) in [6.07, 6.45) is 1.25. The largest absolute Gasteiger partial charge is 0.389 e. The van der Waals surface area contributed by atoms with Crippen molar-refractivity contribution in [1.82, 2.24) is 15.1 Å². The molecule has 2 N–H and O–H groups in total. The summed E-state index contributed by atoms with van der Waals surface area (Å²) < 4.78 is 27.3. The number of aromatic nitrogens is 2. The Balaban J connectivity index is 0.000000297. The van der Waals surface area contributed by atoms with Crippen LogP contribution in [0.1, 0.15) is 38.0 Å². The summed E-state index contributed by atoms with van der Waals surface area (Å²) in [6.45, 7) is 4.20. The van der Waals surface area contributed by atoms with E-state index >= 15 is 0 Å². The summed E-state index contributed by atoms with van der Waals surface area (Å²) in [5.41, 5.74) is 2.27. The van der Waals surface area contributed by atoms with Gasteiger partial charge in [0.15, 0.2) is 0 Å². The van der Waals surface area contributed by atoms with Crippen molar-refractivity contribution in [2.45, 2.75) is 45.4 Å². The van der Waals surface area contributed by atoms with Crippen molar-refractivity contribution >= 4 is 16.8 Å². The highest BCUT2D eigenvalue weighted by Gasteiger charge is 2.32. The Labute approximate surface area is 173 Å². The maximum absolute atomic E-state index is 12.8. The average molecular weight is 414 g/mol. The van der Waals surface area contributed by atoms with Gasteiger partial charge in [0.05, 0.1) is 36.0 Å². The van der Waals surface area contributed by atoms with Gasteiger partial charge in [-0.1, -0.05) is 30.3 Å². The first-order valence-electron chi connectivity index (χ1n) is 9.39. The number of hydrogen-bond acceptors (Lipinski definition) is 4. The number of benzene rings is 2. The minimum Gasteiger partial charge on any atom is -0.389 e. The summed E-state index contributed by atoms with van der Waals surface area (Å²) in [4.78, 5) is 11.2. The van der Waals surface area contributed by atoms with Gasteiger partial charge in [0.2, 0.25) is 0 Å². The van der Waals surface area contributed by atoms with Crippen LogP contribution >= 0.6 is 0 Å². The summed E-state index contributed by atoms with van der Waals surface area (Å²) in [5.74, 6) is -4.71. The Morgan fingerprint density at radius 3 is 2.47 bits per heavy atom. The molecule has 0 fully saturated rings. The van der Waals surface area contributed by atoms with Crippen molar-refractivity contribution in [1.29, 1.82) is 5.26 Å². The highest BCUT2D eigenvalue weighted by Crippen LogP contribution is 2.16. The number of fused-ring (bicyclic) bond motifs is 1. The Bertz CT molecular complexity index is 1020. The van der Waals surface area contributed by atoms with Crippen LogP contribution < -0.4 is 5.32 Å². The normalized spacial score (nSPS) is 13.0. The van der Waals surface area contributed by atoms with Crippen LogP contribution in [-0.2, 0) is 11.3 Å². The molecule has 0 spiro atoms. The predicted molar refractivity (Wildman–Crippen MR) is 110 cm³/mol. The van der Waals surface area contributed by atoms with Crippen LogP contribution in [0.15, 0.2) is 54.7 Å². The molecule has 0 aliphatic carbocycles. The van der Waals surface area contributed by atoms with Gasteiger partial charge in [0.1, 0.15) is 0 Å². The van der Waals surface area contributed by atoms with Crippen LogP contribution in [0.3, 0.4) is 0 Å². The lowest BCUT2D eigenvalue weighted by Crippen LogP contribution is -2.44. The minimum atomic E-state index is -3.40. The third-order valence-corrected chi connectivity index (χ3v) is 4.28. The van der Waals surface area contributed by atoms with Crippen LogP contribution in [0, 0.1) is 11.3 Å². The molecule has 2 atom stereocenters. The van der Waals surface area contributed by atoms with E-state index < -0.39 is 17.9 Å². The molecule has 0 saturated heterocycles. The Hall–Kier alpha value is -3.31. The van der Waals surface area contributed by atoms with Gasteiger partial charge in [0.25, 0.3) is 5.91 Å². The van der Waals surface area contributed by atoms with Crippen molar-refractivity contribution in [3.05, 3.63) is 65.9 Å². The maximum Gasteiger partial charge on any atom is 0.321 e. The number of rotatable bonds is 5. The molecule has 2 aromatic carbocycles. The van der Waals surface area contributed by atoms with Crippen molar-refractivity contribution in [2.75, 3.05) is 0 Å². The quantitative estimate of drug-likeness (QED) is 0.664. The van der Waals surface area contributed by atoms with Crippen LogP contribution in [-0.4, -0.2) is 32.8 Å². The number of halogens is 2. The Morgan fingerprint density at radius 2 is 1.93 bits per heavy atom. The van der Waals surface area contributed by atoms with Gasteiger partial charge < -0.3 is 10.4 Å². The molecule has 1 aromatic heterocycles. The molecule has 30 heavy (non-hydrogen) atoms. The molecule has 2 unspecified atom stereocenters. The predicted octanol–water partition coefficient (Wildman–Crippen LogP) is 3.81. The fraction of sp³-hybridized carbons (Fsp3) is 0.318. The monoisotopic (exact) mass is 414 g/mol. The molecule has 0 radical (unpaired) electrons. The zero-order valence-corrected chi connectivity index (χ0v) is 17.0. The zero-order chi connectivity index (χ0) is 22.3. The minimum absolute atomic E-state index is 0.261. The number of aliphatic hydroxyl groups is 1. The molecule has 8 heteroatoms. The smallest absolute Gasteiger partial charge is 0.321 e. The summed E-state index contributed by atoms with van der Waals surface area (Å²) in [6, 6.07) is 16.2. The molecule has 0 bridgehead atoms. The molecule has 0 aliphatic heterocycles. The van der Waals surface area contributed by atoms with E-state index in [4.69, 9.17) is 10.4 Å². The number of amides is 1. The van der Waals surface area contributed by atoms with Gasteiger partial charge in [-0.05, 0) is 37.6 Å². The number of nitriles is 1. The molecule has 6 nitrogen and oxygen atoms in total. The standard InChI is InChI=1S/C14H14F2N4O.C8H10O/c1-9(19-13(21)14(2,15)16)8-20-12-4-3-10(6-17)5-11(12)7-18-20;1-7(9)8-5-3-2-4-6-8/h3-5,7,9H,8H2,1-2H3,(H,19,21);2-7,9H,1H3.